The fraction of sp³-hybridized carbons (Fsp3) is 0.569. The molecule has 5 heterocycles. The second-order valence-electron chi connectivity index (χ2n) is 24.7. The molecule has 4 aromatic rings. The predicted molar refractivity (Wildman–Crippen MR) is 294 cm³/mol. The molecular weight excluding hydrogens is 1100 g/mol. The molecule has 7 atom stereocenters. The van der Waals surface area contributed by atoms with Crippen LogP contribution in [0.15, 0.2) is 48.8 Å². The highest BCUT2D eigenvalue weighted by Gasteiger charge is 2.51. The summed E-state index contributed by atoms with van der Waals surface area (Å²) in [7, 11) is 1.79. The summed E-state index contributed by atoms with van der Waals surface area (Å²) in [4.78, 5) is 74.6. The lowest BCUT2D eigenvalue weighted by atomic mass is 9.58. The van der Waals surface area contributed by atoms with Crippen LogP contribution in [-0.2, 0) is 57.3 Å². The lowest BCUT2D eigenvalue weighted by Crippen LogP contribution is -2.61. The number of pyridine rings is 1. The van der Waals surface area contributed by atoms with Gasteiger partial charge in [-0.1, -0.05) is 13.8 Å². The first kappa shape index (κ1) is 62.6. The summed E-state index contributed by atoms with van der Waals surface area (Å²) in [6.07, 6.45) is -12.4. The number of likely N-dealkylation sites (tertiary alicyclic amines) is 1. The van der Waals surface area contributed by atoms with E-state index >= 15 is 18.0 Å². The van der Waals surface area contributed by atoms with Gasteiger partial charge >= 0.3 is 24.3 Å². The highest BCUT2D eigenvalue weighted by Crippen LogP contribution is 2.53. The molecule has 4 amide bonds. The number of anilines is 2. The Morgan fingerprint density at radius 3 is 2.23 bits per heavy atom. The SMILES string of the molecule is CC1CC(c2cc(N(CCC#N)C(=O)OC(C)(C)C)nc(N3Cc4c(cc(C[N+]5(Cc6ccc(O[C@@H]7O[C@H](C(=O)O)[C@@H](O)[C@H](O)[C@H]7O)c(C(=O)NCCNC(=O)OC(C)(C)C)c6)CCC[C@H](C)C5)cc4C(F)(F)F)C3=O)c2)(c2nncn2C)C1. The number of aliphatic hydroxyl groups excluding tert-OH is 3. The molecule has 4 aliphatic rings. The summed E-state index contributed by atoms with van der Waals surface area (Å²) in [5.41, 5.74) is -2.92. The van der Waals surface area contributed by atoms with Crippen LogP contribution in [0.5, 0.6) is 5.75 Å². The number of aromatic nitrogens is 4. The van der Waals surface area contributed by atoms with E-state index in [1.807, 2.05) is 6.92 Å². The molecule has 0 bridgehead atoms. The van der Waals surface area contributed by atoms with E-state index in [0.717, 1.165) is 12.5 Å². The summed E-state index contributed by atoms with van der Waals surface area (Å²) >= 11 is 0. The number of carboxylic acids is 1. The van der Waals surface area contributed by atoms with Gasteiger partial charge in [0.15, 0.2) is 6.10 Å². The zero-order chi connectivity index (χ0) is 61.4. The standard InChI is InChI=1S/C58H73F3N10O13/c1-32-12-10-19-71(28-32,29-34-13-14-41(81-51-46(74)44(72)45(73)47(82-51)50(77)78)38(20-34)48(75)63-16-17-64-53(79)83-55(3,4)5)30-35-21-37-39(40(22-35)58(59,60)61)27-70(49(37)76)43-24-36(57(25-33(2)26-57)52-67-65-31-68(52)9)23-42(66-43)69(18-11-15-62)54(80)84-56(6,7)8/h13-14,20-24,31-33,44-47,51,72-74H,10-12,16-19,25-30H2,1-9H3,(H2-,63,64,75,77,78,79)/p+1/t32-,33?,44-,45-,46+,47-,51+,57?,71?/m0/s1. The molecule has 0 radical (unpaired) electrons. The van der Waals surface area contributed by atoms with Gasteiger partial charge in [-0.3, -0.25) is 19.4 Å². The molecule has 1 unspecified atom stereocenters. The van der Waals surface area contributed by atoms with Crippen LogP contribution in [0, 0.1) is 23.2 Å². The first-order valence-electron chi connectivity index (χ1n) is 27.9. The summed E-state index contributed by atoms with van der Waals surface area (Å²) < 4.78 is 71.2. The third kappa shape index (κ3) is 13.9. The number of amides is 4. The van der Waals surface area contributed by atoms with E-state index in [2.05, 4.69) is 33.8 Å². The number of aliphatic carboxylic acids is 1. The van der Waals surface area contributed by atoms with Crippen molar-refractivity contribution in [2.75, 3.05) is 42.5 Å². The number of carbonyl (C=O) groups excluding carboxylic acids is 4. The fourth-order valence-corrected chi connectivity index (χ4v) is 11.9. The summed E-state index contributed by atoms with van der Waals surface area (Å²) in [6, 6.07) is 12.4. The predicted octanol–water partition coefficient (Wildman–Crippen LogP) is 6.23. The van der Waals surface area contributed by atoms with E-state index in [4.69, 9.17) is 23.9 Å². The van der Waals surface area contributed by atoms with Gasteiger partial charge in [-0.25, -0.2) is 19.4 Å². The smallest absolute Gasteiger partial charge is 0.416 e. The molecule has 8 rings (SSSR count). The maximum Gasteiger partial charge on any atom is 0.416 e. The zero-order valence-electron chi connectivity index (χ0n) is 48.5. The van der Waals surface area contributed by atoms with Gasteiger partial charge < -0.3 is 59.1 Å². The van der Waals surface area contributed by atoms with Gasteiger partial charge in [0.2, 0.25) is 6.29 Å². The van der Waals surface area contributed by atoms with Crippen LogP contribution < -0.4 is 25.2 Å². The minimum absolute atomic E-state index is 0.00300. The molecule has 3 aliphatic heterocycles. The number of ether oxygens (including phenoxy) is 4. The van der Waals surface area contributed by atoms with Crippen molar-refractivity contribution in [3.63, 3.8) is 0 Å². The highest BCUT2D eigenvalue weighted by molar-refractivity contribution is 6.10. The van der Waals surface area contributed by atoms with Crippen molar-refractivity contribution in [2.45, 2.75) is 161 Å². The van der Waals surface area contributed by atoms with Gasteiger partial charge in [-0.2, -0.15) is 18.4 Å². The summed E-state index contributed by atoms with van der Waals surface area (Å²) in [5, 5.41) is 65.0. The van der Waals surface area contributed by atoms with Crippen molar-refractivity contribution < 1.29 is 81.0 Å². The number of halogens is 3. The number of aliphatic hydroxyl groups is 3. The third-order valence-electron chi connectivity index (χ3n) is 15.4. The van der Waals surface area contributed by atoms with Gasteiger partial charge in [0, 0.05) is 49.3 Å². The van der Waals surface area contributed by atoms with Gasteiger partial charge in [-0.05, 0) is 127 Å². The van der Waals surface area contributed by atoms with Crippen LogP contribution >= 0.6 is 0 Å². The first-order chi connectivity index (χ1) is 39.3. The van der Waals surface area contributed by atoms with Crippen molar-refractivity contribution in [2.24, 2.45) is 18.9 Å². The number of alkyl carbamates (subject to hydrolysis) is 1. The molecule has 6 N–H and O–H groups in total. The van der Waals surface area contributed by atoms with E-state index < -0.39 is 95.6 Å². The maximum absolute atomic E-state index is 15.6. The Labute approximate surface area is 484 Å². The number of carbonyl (C=O) groups is 5. The number of nitrogens with one attached hydrogen (secondary N) is 2. The van der Waals surface area contributed by atoms with E-state index in [1.165, 1.54) is 28.0 Å². The normalized spacial score (nSPS) is 25.2. The molecule has 0 spiro atoms. The van der Waals surface area contributed by atoms with E-state index in [0.29, 0.717) is 49.3 Å². The number of aryl methyl sites for hydroxylation is 1. The number of hydrogen-bond acceptors (Lipinski definition) is 16. The second kappa shape index (κ2) is 24.3. The topological polar surface area (TPSA) is 301 Å². The lowest BCUT2D eigenvalue weighted by molar-refractivity contribution is -0.960. The Balaban J connectivity index is 1.16. The van der Waals surface area contributed by atoms with Crippen molar-refractivity contribution >= 4 is 41.6 Å². The van der Waals surface area contributed by atoms with E-state index in [-0.39, 0.29) is 95.1 Å². The number of benzene rings is 2. The van der Waals surface area contributed by atoms with Crippen LogP contribution in [0.4, 0.5) is 34.4 Å². The third-order valence-corrected chi connectivity index (χ3v) is 15.4. The average Bonchev–Trinajstić information content (AvgIpc) is 1.45. The quantitative estimate of drug-likeness (QED) is 0.0504. The molecule has 1 saturated carbocycles. The number of fused-ring (bicyclic) bond motifs is 1. The highest BCUT2D eigenvalue weighted by atomic mass is 19.4. The van der Waals surface area contributed by atoms with Gasteiger partial charge in [0.1, 0.15) is 72.1 Å². The fourth-order valence-electron chi connectivity index (χ4n) is 11.9. The zero-order valence-corrected chi connectivity index (χ0v) is 48.5. The van der Waals surface area contributed by atoms with Crippen molar-refractivity contribution in [3.8, 4) is 11.8 Å². The molecule has 26 heteroatoms. The van der Waals surface area contributed by atoms with E-state index in [1.54, 1.807) is 77.7 Å². The number of nitriles is 1. The van der Waals surface area contributed by atoms with Crippen molar-refractivity contribution in [1.82, 2.24) is 30.4 Å². The number of alkyl halides is 3. The Morgan fingerprint density at radius 2 is 1.61 bits per heavy atom. The van der Waals surface area contributed by atoms with Crippen LogP contribution in [0.2, 0.25) is 0 Å². The van der Waals surface area contributed by atoms with Crippen LogP contribution in [0.3, 0.4) is 0 Å². The number of rotatable bonds is 17. The Hall–Kier alpha value is -7.44. The maximum atomic E-state index is 15.6. The minimum Gasteiger partial charge on any atom is -0.479 e. The molecule has 2 saturated heterocycles. The largest absolute Gasteiger partial charge is 0.479 e. The number of hydrogen-bond donors (Lipinski definition) is 6. The number of quaternary nitrogens is 1. The molecule has 84 heavy (non-hydrogen) atoms. The lowest BCUT2D eigenvalue weighted by Gasteiger charge is -2.46. The van der Waals surface area contributed by atoms with Gasteiger partial charge in [0.05, 0.1) is 48.7 Å². The molecule has 1 aliphatic carbocycles. The Bertz CT molecular complexity index is 3190. The number of piperidine rings is 1. The van der Waals surface area contributed by atoms with E-state index in [9.17, 15) is 44.9 Å². The van der Waals surface area contributed by atoms with Crippen LogP contribution in [0.1, 0.15) is 142 Å². The first-order valence-corrected chi connectivity index (χ1v) is 27.9. The summed E-state index contributed by atoms with van der Waals surface area (Å²) in [6.45, 7) is 14.4. The van der Waals surface area contributed by atoms with Crippen molar-refractivity contribution in [3.05, 3.63) is 93.6 Å². The van der Waals surface area contributed by atoms with Crippen LogP contribution in [-0.4, -0.2) is 149 Å². The monoisotopic (exact) mass is 1180 g/mol. The molecule has 3 fully saturated rings. The van der Waals surface area contributed by atoms with Gasteiger partial charge in [-0.15, -0.1) is 10.2 Å². The molecule has 23 nitrogen and oxygen atoms in total. The second-order valence-corrected chi connectivity index (χ2v) is 24.7. The Kier molecular flexibility index (Phi) is 18.1. The molecule has 2 aromatic heterocycles. The number of carboxylic acid groups (broad SMARTS) is 1. The molecule has 454 valence electrons. The Morgan fingerprint density at radius 1 is 0.917 bits per heavy atom. The molecule has 2 aromatic carbocycles. The number of nitrogens with zero attached hydrogens (tertiary/aromatic N) is 8. The molecular formula is C58H74F3N10O13+. The van der Waals surface area contributed by atoms with Crippen LogP contribution in [0.25, 0.3) is 0 Å². The minimum atomic E-state index is -4.94. The van der Waals surface area contributed by atoms with Gasteiger partial charge in [0.25, 0.3) is 11.8 Å². The summed E-state index contributed by atoms with van der Waals surface area (Å²) in [5.74, 6) is -2.56. The average molecular weight is 1180 g/mol. The van der Waals surface area contributed by atoms with Crippen molar-refractivity contribution in [1.29, 1.82) is 5.26 Å².